The van der Waals surface area contributed by atoms with E-state index < -0.39 is 6.09 Å². The fourth-order valence-corrected chi connectivity index (χ4v) is 0.765. The third-order valence-corrected chi connectivity index (χ3v) is 1.33. The van der Waals surface area contributed by atoms with E-state index in [9.17, 15) is 4.79 Å². The molecule has 0 atom stereocenters. The molecule has 3 nitrogen and oxygen atoms in total. The lowest BCUT2D eigenvalue weighted by Crippen LogP contribution is -2.20. The monoisotopic (exact) mass is 161 g/mol. The maximum atomic E-state index is 10.5. The van der Waals surface area contributed by atoms with Crippen molar-refractivity contribution in [1.29, 1.82) is 0 Å². The summed E-state index contributed by atoms with van der Waals surface area (Å²) in [5.74, 6) is 0. The molecule has 1 aromatic rings. The molecule has 60 valence electrons. The number of hydrogen-bond acceptors (Lipinski definition) is 2. The second kappa shape index (κ2) is 4.44. The highest BCUT2D eigenvalue weighted by atomic mass is 16.5. The minimum atomic E-state index is -0.626. The van der Waals surface area contributed by atoms with Gasteiger partial charge in [0.15, 0.2) is 0 Å². The smallest absolute Gasteiger partial charge is 0.394 e. The summed E-state index contributed by atoms with van der Waals surface area (Å²) in [4.78, 5) is 10.5. The van der Waals surface area contributed by atoms with Crippen molar-refractivity contribution in [3.63, 3.8) is 0 Å². The Labute approximate surface area is 72.2 Å². The Balaban J connectivity index is 2.38. The Morgan fingerprint density at radius 1 is 1.42 bits per heavy atom. The summed E-state index contributed by atoms with van der Waals surface area (Å²) in [5, 5.41) is 1.87. The van der Waals surface area contributed by atoms with Gasteiger partial charge < -0.3 is 9.96 Å². The molecule has 0 heterocycles. The van der Waals surface area contributed by atoms with Crippen LogP contribution in [-0.2, 0) is 11.3 Å². The zero-order valence-corrected chi connectivity index (χ0v) is 6.49. The van der Waals surface area contributed by atoms with Crippen LogP contribution >= 0.6 is 0 Å². The second-order valence-corrected chi connectivity index (χ2v) is 2.21. The van der Waals surface area contributed by atoms with Crippen LogP contribution in [0.25, 0.3) is 0 Å². The van der Waals surface area contributed by atoms with Crippen molar-refractivity contribution in [3.05, 3.63) is 35.9 Å². The minimum absolute atomic E-state index is 0.240. The number of carbonyl (C=O) groups is 1. The molecule has 0 fully saturated rings. The van der Waals surface area contributed by atoms with E-state index >= 15 is 0 Å². The number of carbonyl (C=O) groups excluding carboxylic acids is 1. The SMILES string of the molecule is [B]NC(=O)OCc1ccccc1. The van der Waals surface area contributed by atoms with Crippen LogP contribution in [0.15, 0.2) is 30.3 Å². The van der Waals surface area contributed by atoms with E-state index in [1.807, 2.05) is 35.6 Å². The quantitative estimate of drug-likeness (QED) is 0.657. The van der Waals surface area contributed by atoms with Crippen molar-refractivity contribution >= 4 is 14.1 Å². The number of rotatable bonds is 2. The Morgan fingerprint density at radius 2 is 2.08 bits per heavy atom. The second-order valence-electron chi connectivity index (χ2n) is 2.21. The first-order valence-electron chi connectivity index (χ1n) is 3.50. The maximum absolute atomic E-state index is 10.5. The zero-order valence-electron chi connectivity index (χ0n) is 6.49. The summed E-state index contributed by atoms with van der Waals surface area (Å²) < 4.78 is 4.70. The number of amides is 1. The molecule has 0 saturated carbocycles. The van der Waals surface area contributed by atoms with Crippen LogP contribution in [0.1, 0.15) is 5.56 Å². The van der Waals surface area contributed by atoms with Gasteiger partial charge in [0, 0.05) is 0 Å². The number of ether oxygens (including phenoxy) is 1. The molecule has 0 aliphatic rings. The van der Waals surface area contributed by atoms with Gasteiger partial charge in [0.25, 0.3) is 0 Å². The van der Waals surface area contributed by atoms with E-state index in [1.165, 1.54) is 0 Å². The Morgan fingerprint density at radius 3 is 2.67 bits per heavy atom. The van der Waals surface area contributed by atoms with Crippen molar-refractivity contribution in [2.24, 2.45) is 0 Å². The Kier molecular flexibility index (Phi) is 3.20. The topological polar surface area (TPSA) is 38.3 Å². The van der Waals surface area contributed by atoms with E-state index in [-0.39, 0.29) is 6.61 Å². The summed E-state index contributed by atoms with van der Waals surface area (Å²) in [6.45, 7) is 0.240. The lowest BCUT2D eigenvalue weighted by molar-refractivity contribution is 0.146. The highest BCUT2D eigenvalue weighted by molar-refractivity contribution is 6.12. The van der Waals surface area contributed by atoms with Gasteiger partial charge >= 0.3 is 6.09 Å². The summed E-state index contributed by atoms with van der Waals surface area (Å²) in [7, 11) is 4.81. The van der Waals surface area contributed by atoms with E-state index in [1.54, 1.807) is 0 Å². The van der Waals surface area contributed by atoms with E-state index in [0.717, 1.165) is 5.56 Å². The van der Waals surface area contributed by atoms with Crippen molar-refractivity contribution in [3.8, 4) is 0 Å². The molecule has 1 aromatic carbocycles. The molecule has 1 amide bonds. The van der Waals surface area contributed by atoms with Crippen LogP contribution < -0.4 is 5.23 Å². The van der Waals surface area contributed by atoms with Crippen molar-refractivity contribution in [1.82, 2.24) is 5.23 Å². The van der Waals surface area contributed by atoms with Crippen LogP contribution in [0.3, 0.4) is 0 Å². The zero-order chi connectivity index (χ0) is 8.81. The Bertz CT molecular complexity index is 250. The molecule has 0 aliphatic heterocycles. The number of nitrogens with one attached hydrogen (secondary N) is 1. The Hall–Kier alpha value is -1.45. The standard InChI is InChI=1S/C8H8BNO2/c9-10-8(11)12-6-7-4-2-1-3-5-7/h1-5H,6H2,(H,10,11). The number of benzene rings is 1. The molecular weight excluding hydrogens is 153 g/mol. The summed E-state index contributed by atoms with van der Waals surface area (Å²) in [5.41, 5.74) is 0.932. The van der Waals surface area contributed by atoms with Gasteiger partial charge in [-0.2, -0.15) is 0 Å². The molecule has 1 N–H and O–H groups in total. The normalized spacial score (nSPS) is 9.00. The van der Waals surface area contributed by atoms with Crippen molar-refractivity contribution in [2.45, 2.75) is 6.61 Å². The first-order valence-corrected chi connectivity index (χ1v) is 3.50. The van der Waals surface area contributed by atoms with Gasteiger partial charge in [-0.1, -0.05) is 30.3 Å². The van der Waals surface area contributed by atoms with Crippen LogP contribution in [0, 0.1) is 0 Å². The molecule has 0 spiro atoms. The van der Waals surface area contributed by atoms with E-state index in [2.05, 4.69) is 0 Å². The average molecular weight is 161 g/mol. The molecule has 12 heavy (non-hydrogen) atoms. The molecule has 0 unspecified atom stereocenters. The van der Waals surface area contributed by atoms with Gasteiger partial charge in [-0.25, -0.2) is 4.79 Å². The molecule has 0 saturated heterocycles. The highest BCUT2D eigenvalue weighted by Crippen LogP contribution is 1.99. The number of hydrogen-bond donors (Lipinski definition) is 1. The first-order chi connectivity index (χ1) is 5.83. The summed E-state index contributed by atoms with van der Waals surface area (Å²) >= 11 is 0. The molecule has 2 radical (unpaired) electrons. The highest BCUT2D eigenvalue weighted by Gasteiger charge is 1.96. The molecular formula is C8H8BNO2. The molecule has 0 aliphatic carbocycles. The lowest BCUT2D eigenvalue weighted by Gasteiger charge is -2.02. The summed E-state index contributed by atoms with van der Waals surface area (Å²) in [6, 6.07) is 9.37. The third-order valence-electron chi connectivity index (χ3n) is 1.33. The fourth-order valence-electron chi connectivity index (χ4n) is 0.765. The first kappa shape index (κ1) is 8.65. The molecule has 4 heteroatoms. The molecule has 0 bridgehead atoms. The van der Waals surface area contributed by atoms with Crippen molar-refractivity contribution in [2.75, 3.05) is 0 Å². The lowest BCUT2D eigenvalue weighted by atomic mass is 10.2. The van der Waals surface area contributed by atoms with Gasteiger partial charge in [0.05, 0.1) is 0 Å². The van der Waals surface area contributed by atoms with Gasteiger partial charge in [0.2, 0.25) is 7.98 Å². The summed E-state index contributed by atoms with van der Waals surface area (Å²) in [6.07, 6.45) is -0.626. The molecule has 1 rings (SSSR count). The van der Waals surface area contributed by atoms with E-state index in [0.29, 0.717) is 0 Å². The molecule has 0 aromatic heterocycles. The predicted octanol–water partition coefficient (Wildman–Crippen LogP) is 0.996. The van der Waals surface area contributed by atoms with Gasteiger partial charge in [-0.05, 0) is 5.56 Å². The predicted molar refractivity (Wildman–Crippen MR) is 45.5 cm³/mol. The van der Waals surface area contributed by atoms with Crippen LogP contribution in [0.2, 0.25) is 0 Å². The van der Waals surface area contributed by atoms with Gasteiger partial charge in [0.1, 0.15) is 6.61 Å². The van der Waals surface area contributed by atoms with Crippen LogP contribution in [0.4, 0.5) is 4.79 Å². The van der Waals surface area contributed by atoms with Gasteiger partial charge in [-0.15, -0.1) is 0 Å². The maximum Gasteiger partial charge on any atom is 0.394 e. The van der Waals surface area contributed by atoms with E-state index in [4.69, 9.17) is 12.7 Å². The largest absolute Gasteiger partial charge is 0.446 e. The fraction of sp³-hybridized carbons (Fsp3) is 0.125. The minimum Gasteiger partial charge on any atom is -0.446 e. The van der Waals surface area contributed by atoms with Crippen molar-refractivity contribution < 1.29 is 9.53 Å². The van der Waals surface area contributed by atoms with Crippen LogP contribution in [-0.4, -0.2) is 14.1 Å². The van der Waals surface area contributed by atoms with Crippen LogP contribution in [0.5, 0.6) is 0 Å². The van der Waals surface area contributed by atoms with Gasteiger partial charge in [-0.3, -0.25) is 0 Å². The third kappa shape index (κ3) is 2.66. The average Bonchev–Trinajstić information content (AvgIpc) is 2.16.